The van der Waals surface area contributed by atoms with E-state index in [9.17, 15) is 0 Å². The van der Waals surface area contributed by atoms with Gasteiger partial charge >= 0.3 is 88.9 Å². The first-order valence-corrected chi connectivity index (χ1v) is 4.94. The third-order valence-corrected chi connectivity index (χ3v) is 1.70. The van der Waals surface area contributed by atoms with Crippen molar-refractivity contribution in [2.75, 3.05) is 0 Å². The number of hydrogen-bond acceptors (Lipinski definition) is 0. The molecule has 0 aliphatic rings. The van der Waals surface area contributed by atoms with Crippen molar-refractivity contribution in [3.63, 3.8) is 0 Å². The Morgan fingerprint density at radius 3 is 1.33 bits per heavy atom. The van der Waals surface area contributed by atoms with Gasteiger partial charge in [0.2, 0.25) is 0 Å². The standard InChI is InChI=1S/C10H6Se2/c11-7-5-9-1-2-10(4-3-9)6-8-12/h1-4,11-12H/p-2. The molecule has 0 radical (unpaired) electrons. The van der Waals surface area contributed by atoms with E-state index in [0.717, 1.165) is 11.1 Å². The van der Waals surface area contributed by atoms with E-state index in [1.807, 2.05) is 24.3 Å². The molecular formula is C10H4Se2-2. The SMILES string of the molecule is [Se-]C#Cc1ccc(C#C[Se-])cc1. The second-order valence-corrected chi connectivity index (χ2v) is 2.89. The van der Waals surface area contributed by atoms with Crippen LogP contribution in [0.15, 0.2) is 24.3 Å². The van der Waals surface area contributed by atoms with Crippen molar-refractivity contribution in [3.8, 4) is 21.5 Å². The summed E-state index contributed by atoms with van der Waals surface area (Å²) in [5.41, 5.74) is 2.00. The fourth-order valence-corrected chi connectivity index (χ4v) is 1.25. The van der Waals surface area contributed by atoms with E-state index < -0.39 is 0 Å². The molecule has 58 valence electrons. The molecule has 0 spiro atoms. The molecule has 0 nitrogen and oxygen atoms in total. The van der Waals surface area contributed by atoms with Crippen LogP contribution in [0, 0.1) is 21.5 Å². The van der Waals surface area contributed by atoms with Crippen LogP contribution in [-0.4, -0.2) is 32.0 Å². The minimum absolute atomic E-state index is 0.999. The van der Waals surface area contributed by atoms with Gasteiger partial charge in [-0.1, -0.05) is 0 Å². The van der Waals surface area contributed by atoms with Gasteiger partial charge < -0.3 is 0 Å². The Morgan fingerprint density at radius 1 is 0.750 bits per heavy atom. The fraction of sp³-hybridized carbons (Fsp3) is 0. The van der Waals surface area contributed by atoms with Crippen molar-refractivity contribution in [2.24, 2.45) is 0 Å². The van der Waals surface area contributed by atoms with Gasteiger partial charge in [-0.05, 0) is 0 Å². The second-order valence-electron chi connectivity index (χ2n) is 2.03. The summed E-state index contributed by atoms with van der Waals surface area (Å²) in [4.78, 5) is 5.44. The van der Waals surface area contributed by atoms with Crippen molar-refractivity contribution >= 4 is 32.0 Å². The third-order valence-electron chi connectivity index (χ3n) is 1.28. The summed E-state index contributed by atoms with van der Waals surface area (Å²) in [7, 11) is 0. The molecule has 2 heteroatoms. The zero-order chi connectivity index (χ0) is 8.81. The van der Waals surface area contributed by atoms with Gasteiger partial charge in [-0.2, -0.15) is 0 Å². The van der Waals surface area contributed by atoms with Crippen molar-refractivity contribution < 1.29 is 0 Å². The molecule has 0 unspecified atom stereocenters. The number of rotatable bonds is 0. The summed E-state index contributed by atoms with van der Waals surface area (Å²) >= 11 is 5.27. The van der Waals surface area contributed by atoms with E-state index in [-0.39, 0.29) is 0 Å². The number of benzene rings is 1. The van der Waals surface area contributed by atoms with E-state index in [1.54, 1.807) is 0 Å². The fourth-order valence-electron chi connectivity index (χ4n) is 0.755. The third kappa shape index (κ3) is 2.78. The maximum atomic E-state index is 2.92. The maximum absolute atomic E-state index is 2.92. The first kappa shape index (κ1) is 9.47. The summed E-state index contributed by atoms with van der Waals surface area (Å²) in [5, 5.41) is 0. The van der Waals surface area contributed by atoms with Gasteiger partial charge in [0.05, 0.1) is 0 Å². The Morgan fingerprint density at radius 2 is 1.08 bits per heavy atom. The van der Waals surface area contributed by atoms with Crippen molar-refractivity contribution in [2.45, 2.75) is 0 Å². The van der Waals surface area contributed by atoms with Crippen LogP contribution in [0.25, 0.3) is 0 Å². The first-order valence-electron chi connectivity index (χ1n) is 3.23. The molecule has 1 aromatic carbocycles. The Balaban J connectivity index is 2.95. The normalized spacial score (nSPS) is 7.33. The van der Waals surface area contributed by atoms with Crippen LogP contribution < -0.4 is 0 Å². The average Bonchev–Trinajstić information content (AvgIpc) is 2.09. The predicted molar refractivity (Wildman–Crippen MR) is 51.7 cm³/mol. The molecule has 0 saturated heterocycles. The molecule has 0 amide bonds. The summed E-state index contributed by atoms with van der Waals surface area (Å²) in [6.45, 7) is 0. The molecule has 0 aliphatic heterocycles. The summed E-state index contributed by atoms with van der Waals surface area (Å²) in [6, 6.07) is 7.79. The summed E-state index contributed by atoms with van der Waals surface area (Å²) in [5.74, 6) is 5.83. The average molecular weight is 282 g/mol. The van der Waals surface area contributed by atoms with Crippen LogP contribution >= 0.6 is 0 Å². The summed E-state index contributed by atoms with van der Waals surface area (Å²) in [6.07, 6.45) is 0. The van der Waals surface area contributed by atoms with E-state index >= 15 is 0 Å². The molecule has 0 bridgehead atoms. The summed E-state index contributed by atoms with van der Waals surface area (Å²) < 4.78 is 0. The molecule has 0 fully saturated rings. The van der Waals surface area contributed by atoms with Crippen molar-refractivity contribution in [3.05, 3.63) is 35.4 Å². The monoisotopic (exact) mass is 284 g/mol. The second kappa shape index (κ2) is 5.10. The number of hydrogen-bond donors (Lipinski definition) is 0. The minimum atomic E-state index is 0.999. The van der Waals surface area contributed by atoms with Gasteiger partial charge in [-0.15, -0.1) is 0 Å². The van der Waals surface area contributed by atoms with E-state index in [0.29, 0.717) is 0 Å². The molecule has 12 heavy (non-hydrogen) atoms. The Kier molecular flexibility index (Phi) is 4.02. The van der Waals surface area contributed by atoms with Crippen molar-refractivity contribution in [1.29, 1.82) is 0 Å². The van der Waals surface area contributed by atoms with Gasteiger partial charge in [0.25, 0.3) is 0 Å². The van der Waals surface area contributed by atoms with Gasteiger partial charge in [0.1, 0.15) is 0 Å². The zero-order valence-electron chi connectivity index (χ0n) is 6.13. The molecule has 1 rings (SSSR count). The predicted octanol–water partition coefficient (Wildman–Crippen LogP) is 0.642. The van der Waals surface area contributed by atoms with E-state index in [4.69, 9.17) is 0 Å². The van der Waals surface area contributed by atoms with Gasteiger partial charge in [0.15, 0.2) is 0 Å². The first-order chi connectivity index (χ1) is 5.86. The van der Waals surface area contributed by atoms with Crippen LogP contribution in [0.1, 0.15) is 11.1 Å². The Labute approximate surface area is 88.8 Å². The van der Waals surface area contributed by atoms with Gasteiger partial charge in [-0.3, -0.25) is 0 Å². The molecular weight excluding hydrogens is 278 g/mol. The molecule has 0 atom stereocenters. The quantitative estimate of drug-likeness (QED) is 0.484. The van der Waals surface area contributed by atoms with Crippen LogP contribution in [0.2, 0.25) is 0 Å². The van der Waals surface area contributed by atoms with Crippen LogP contribution in [0.5, 0.6) is 0 Å². The topological polar surface area (TPSA) is 0 Å². The Hall–Kier alpha value is -0.621. The molecule has 1 aromatic rings. The van der Waals surface area contributed by atoms with Gasteiger partial charge in [-0.25, -0.2) is 0 Å². The molecule has 0 N–H and O–H groups in total. The molecule has 0 saturated carbocycles. The van der Waals surface area contributed by atoms with Gasteiger partial charge in [0, 0.05) is 0 Å². The molecule has 0 aromatic heterocycles. The molecule has 0 aliphatic carbocycles. The van der Waals surface area contributed by atoms with E-state index in [1.165, 1.54) is 0 Å². The van der Waals surface area contributed by atoms with Crippen molar-refractivity contribution in [1.82, 2.24) is 0 Å². The zero-order valence-corrected chi connectivity index (χ0v) is 9.55. The van der Waals surface area contributed by atoms with E-state index in [2.05, 4.69) is 53.5 Å². The van der Waals surface area contributed by atoms with Crippen LogP contribution in [-0.2, 0) is 0 Å². The Bertz CT molecular complexity index is 329. The van der Waals surface area contributed by atoms with Crippen LogP contribution in [0.4, 0.5) is 0 Å². The molecule has 0 heterocycles. The van der Waals surface area contributed by atoms with Crippen LogP contribution in [0.3, 0.4) is 0 Å².